The topological polar surface area (TPSA) is 46.3 Å². The standard InChI is InChI=1S/C12H13FN2O/c13-8-3-4-10-9(5-8)11(14)12(16)15(10)6-7-1-2-7/h3-5,7,11H,1-2,6,14H2. The van der Waals surface area contributed by atoms with Crippen LogP contribution in [-0.4, -0.2) is 12.5 Å². The highest BCUT2D eigenvalue weighted by Crippen LogP contribution is 2.39. The number of hydrogen-bond donors (Lipinski definition) is 1. The number of carbonyl (C=O) groups is 1. The van der Waals surface area contributed by atoms with E-state index < -0.39 is 6.04 Å². The summed E-state index contributed by atoms with van der Waals surface area (Å²) >= 11 is 0. The molecule has 1 heterocycles. The lowest BCUT2D eigenvalue weighted by Gasteiger charge is -2.16. The Labute approximate surface area is 93.0 Å². The first-order chi connectivity index (χ1) is 7.66. The first kappa shape index (κ1) is 9.78. The van der Waals surface area contributed by atoms with Gasteiger partial charge in [0.1, 0.15) is 11.9 Å². The minimum Gasteiger partial charge on any atom is -0.316 e. The quantitative estimate of drug-likeness (QED) is 0.822. The van der Waals surface area contributed by atoms with Gasteiger partial charge in [-0.1, -0.05) is 0 Å². The molecule has 3 nitrogen and oxygen atoms in total. The van der Waals surface area contributed by atoms with Crippen molar-refractivity contribution in [2.75, 3.05) is 11.4 Å². The molecule has 1 aliphatic heterocycles. The van der Waals surface area contributed by atoms with Crippen LogP contribution in [0.15, 0.2) is 18.2 Å². The van der Waals surface area contributed by atoms with Crippen LogP contribution in [0.25, 0.3) is 0 Å². The zero-order valence-corrected chi connectivity index (χ0v) is 8.82. The minimum atomic E-state index is -0.690. The molecule has 1 aromatic carbocycles. The first-order valence-corrected chi connectivity index (χ1v) is 5.53. The fourth-order valence-electron chi connectivity index (χ4n) is 2.19. The molecule has 2 N–H and O–H groups in total. The summed E-state index contributed by atoms with van der Waals surface area (Å²) in [6.45, 7) is 0.727. The van der Waals surface area contributed by atoms with E-state index in [1.165, 1.54) is 25.0 Å². The third kappa shape index (κ3) is 1.41. The van der Waals surface area contributed by atoms with Crippen LogP contribution in [-0.2, 0) is 4.79 Å². The van der Waals surface area contributed by atoms with E-state index in [1.807, 2.05) is 0 Å². The highest BCUT2D eigenvalue weighted by Gasteiger charge is 2.37. The number of amides is 1. The molecule has 0 saturated heterocycles. The summed E-state index contributed by atoms with van der Waals surface area (Å²) in [6, 6.07) is 3.71. The van der Waals surface area contributed by atoms with Gasteiger partial charge in [0.25, 0.3) is 0 Å². The lowest BCUT2D eigenvalue weighted by atomic mass is 10.1. The Hall–Kier alpha value is -1.42. The van der Waals surface area contributed by atoms with Gasteiger partial charge in [0.15, 0.2) is 0 Å². The Bertz CT molecular complexity index is 456. The number of carbonyl (C=O) groups excluding carboxylic acids is 1. The molecule has 1 saturated carbocycles. The van der Waals surface area contributed by atoms with Gasteiger partial charge in [-0.25, -0.2) is 4.39 Å². The smallest absolute Gasteiger partial charge is 0.248 e. The van der Waals surface area contributed by atoms with E-state index in [-0.39, 0.29) is 11.7 Å². The summed E-state index contributed by atoms with van der Waals surface area (Å²) in [5, 5.41) is 0. The lowest BCUT2D eigenvalue weighted by Crippen LogP contribution is -2.33. The van der Waals surface area contributed by atoms with E-state index in [2.05, 4.69) is 0 Å². The van der Waals surface area contributed by atoms with E-state index in [9.17, 15) is 9.18 Å². The number of rotatable bonds is 2. The van der Waals surface area contributed by atoms with Crippen molar-refractivity contribution in [1.82, 2.24) is 0 Å². The molecule has 0 bridgehead atoms. The van der Waals surface area contributed by atoms with Gasteiger partial charge in [0.2, 0.25) is 5.91 Å². The Morgan fingerprint density at radius 1 is 1.44 bits per heavy atom. The first-order valence-electron chi connectivity index (χ1n) is 5.53. The average Bonchev–Trinajstić information content (AvgIpc) is 3.04. The van der Waals surface area contributed by atoms with Crippen molar-refractivity contribution >= 4 is 11.6 Å². The zero-order chi connectivity index (χ0) is 11.3. The number of halogens is 1. The Balaban J connectivity index is 1.99. The van der Waals surface area contributed by atoms with Crippen LogP contribution in [0.2, 0.25) is 0 Å². The van der Waals surface area contributed by atoms with E-state index >= 15 is 0 Å². The summed E-state index contributed by atoms with van der Waals surface area (Å²) in [7, 11) is 0. The molecule has 1 unspecified atom stereocenters. The number of hydrogen-bond acceptors (Lipinski definition) is 2. The molecule has 84 valence electrons. The van der Waals surface area contributed by atoms with E-state index in [4.69, 9.17) is 5.73 Å². The van der Waals surface area contributed by atoms with E-state index in [1.54, 1.807) is 11.0 Å². The van der Waals surface area contributed by atoms with E-state index in [0.29, 0.717) is 11.5 Å². The molecule has 1 amide bonds. The molecule has 1 atom stereocenters. The molecule has 3 rings (SSSR count). The van der Waals surface area contributed by atoms with Crippen molar-refractivity contribution in [3.8, 4) is 0 Å². The van der Waals surface area contributed by atoms with Gasteiger partial charge in [-0.3, -0.25) is 4.79 Å². The van der Waals surface area contributed by atoms with Crippen LogP contribution in [0.1, 0.15) is 24.4 Å². The van der Waals surface area contributed by atoms with Gasteiger partial charge >= 0.3 is 0 Å². The SMILES string of the molecule is NC1C(=O)N(CC2CC2)c2ccc(F)cc21. The van der Waals surface area contributed by atoms with Crippen molar-refractivity contribution < 1.29 is 9.18 Å². The zero-order valence-electron chi connectivity index (χ0n) is 8.82. The predicted molar refractivity (Wildman–Crippen MR) is 58.4 cm³/mol. The second-order valence-corrected chi connectivity index (χ2v) is 4.57. The molecular formula is C12H13FN2O. The minimum absolute atomic E-state index is 0.104. The molecule has 1 aromatic rings. The average molecular weight is 220 g/mol. The van der Waals surface area contributed by atoms with Crippen molar-refractivity contribution in [3.05, 3.63) is 29.6 Å². The molecule has 0 radical (unpaired) electrons. The fraction of sp³-hybridized carbons (Fsp3) is 0.417. The summed E-state index contributed by atoms with van der Waals surface area (Å²) < 4.78 is 13.1. The van der Waals surface area contributed by atoms with Crippen LogP contribution >= 0.6 is 0 Å². The second-order valence-electron chi connectivity index (χ2n) is 4.57. The maximum absolute atomic E-state index is 13.1. The normalized spacial score (nSPS) is 23.8. The summed E-state index contributed by atoms with van der Waals surface area (Å²) in [5.74, 6) is 0.162. The molecular weight excluding hydrogens is 207 g/mol. The predicted octanol–water partition coefficient (Wildman–Crippen LogP) is 1.58. The van der Waals surface area contributed by atoms with Crippen LogP contribution < -0.4 is 10.6 Å². The summed E-state index contributed by atoms with van der Waals surface area (Å²) in [6.07, 6.45) is 2.35. The molecule has 4 heteroatoms. The third-order valence-corrected chi connectivity index (χ3v) is 3.29. The summed E-state index contributed by atoms with van der Waals surface area (Å²) in [4.78, 5) is 13.6. The van der Waals surface area contributed by atoms with Crippen molar-refractivity contribution in [3.63, 3.8) is 0 Å². The molecule has 0 spiro atoms. The van der Waals surface area contributed by atoms with E-state index in [0.717, 1.165) is 12.2 Å². The Morgan fingerprint density at radius 3 is 2.88 bits per heavy atom. The monoisotopic (exact) mass is 220 g/mol. The van der Waals surface area contributed by atoms with Gasteiger partial charge in [-0.2, -0.15) is 0 Å². The molecule has 16 heavy (non-hydrogen) atoms. The van der Waals surface area contributed by atoms with Crippen molar-refractivity contribution in [1.29, 1.82) is 0 Å². The maximum Gasteiger partial charge on any atom is 0.248 e. The fourth-order valence-corrected chi connectivity index (χ4v) is 2.19. The number of anilines is 1. The number of fused-ring (bicyclic) bond motifs is 1. The number of benzene rings is 1. The number of nitrogens with two attached hydrogens (primary N) is 1. The van der Waals surface area contributed by atoms with Crippen molar-refractivity contribution in [2.45, 2.75) is 18.9 Å². The molecule has 2 aliphatic rings. The largest absolute Gasteiger partial charge is 0.316 e. The third-order valence-electron chi connectivity index (χ3n) is 3.29. The maximum atomic E-state index is 13.1. The molecule has 1 fully saturated rings. The highest BCUT2D eigenvalue weighted by molar-refractivity contribution is 6.04. The Kier molecular flexibility index (Phi) is 2.01. The van der Waals surface area contributed by atoms with Gasteiger partial charge in [0, 0.05) is 17.8 Å². The van der Waals surface area contributed by atoms with Gasteiger partial charge in [-0.05, 0) is 37.0 Å². The van der Waals surface area contributed by atoms with Gasteiger partial charge in [0.05, 0.1) is 0 Å². The second kappa shape index (κ2) is 3.28. The number of nitrogens with zero attached hydrogens (tertiary/aromatic N) is 1. The van der Waals surface area contributed by atoms with Crippen LogP contribution in [0.3, 0.4) is 0 Å². The Morgan fingerprint density at radius 2 is 2.19 bits per heavy atom. The molecule has 1 aliphatic carbocycles. The van der Waals surface area contributed by atoms with Crippen LogP contribution in [0.5, 0.6) is 0 Å². The van der Waals surface area contributed by atoms with Crippen LogP contribution in [0, 0.1) is 11.7 Å². The van der Waals surface area contributed by atoms with Gasteiger partial charge < -0.3 is 10.6 Å². The highest BCUT2D eigenvalue weighted by atomic mass is 19.1. The molecule has 0 aromatic heterocycles. The van der Waals surface area contributed by atoms with Gasteiger partial charge in [-0.15, -0.1) is 0 Å². The van der Waals surface area contributed by atoms with Crippen LogP contribution in [0.4, 0.5) is 10.1 Å². The summed E-state index contributed by atoms with van der Waals surface area (Å²) in [5.41, 5.74) is 7.19. The van der Waals surface area contributed by atoms with Crippen molar-refractivity contribution in [2.24, 2.45) is 11.7 Å². The lowest BCUT2D eigenvalue weighted by molar-refractivity contribution is -0.119.